The van der Waals surface area contributed by atoms with Crippen LogP contribution in [-0.2, 0) is 0 Å². The number of carbonyl (C=O) groups is 1. The quantitative estimate of drug-likeness (QED) is 0.745. The molecule has 9 nitrogen and oxygen atoms in total. The number of fused-ring (bicyclic) bond motifs is 1. The van der Waals surface area contributed by atoms with Gasteiger partial charge >= 0.3 is 6.09 Å². The van der Waals surface area contributed by atoms with Crippen LogP contribution < -0.4 is 4.90 Å². The Morgan fingerprint density at radius 3 is 3.00 bits per heavy atom. The molecule has 28 heavy (non-hydrogen) atoms. The molecule has 1 atom stereocenters. The molecule has 0 bridgehead atoms. The lowest BCUT2D eigenvalue weighted by molar-refractivity contribution is 0.130. The zero-order valence-electron chi connectivity index (χ0n) is 15.4. The number of hydrogen-bond donors (Lipinski definition) is 1. The normalized spacial score (nSPS) is 16.7. The monoisotopic (exact) mass is 377 g/mol. The van der Waals surface area contributed by atoms with Gasteiger partial charge in [-0.3, -0.25) is 4.40 Å². The SMILES string of the molecule is CN(c1ccnc(-c2cnc3ccc(C#N)cn23)n1)C1CCCN(C(=O)O)C1. The average Bonchev–Trinajstić information content (AvgIpc) is 3.16. The van der Waals surface area contributed by atoms with Gasteiger partial charge in [-0.25, -0.2) is 19.7 Å². The Bertz CT molecular complexity index is 1070. The fourth-order valence-corrected chi connectivity index (χ4v) is 3.51. The number of rotatable bonds is 3. The van der Waals surface area contributed by atoms with Crippen molar-refractivity contribution < 1.29 is 9.90 Å². The van der Waals surface area contributed by atoms with Crippen LogP contribution in [0.25, 0.3) is 17.2 Å². The van der Waals surface area contributed by atoms with E-state index in [0.717, 1.165) is 12.8 Å². The van der Waals surface area contributed by atoms with Crippen LogP contribution in [0.4, 0.5) is 10.6 Å². The molecule has 9 heteroatoms. The van der Waals surface area contributed by atoms with Crippen LogP contribution in [0.3, 0.4) is 0 Å². The van der Waals surface area contributed by atoms with E-state index in [0.29, 0.717) is 41.6 Å². The first-order chi connectivity index (χ1) is 13.6. The highest BCUT2D eigenvalue weighted by Crippen LogP contribution is 2.23. The zero-order valence-corrected chi connectivity index (χ0v) is 15.4. The van der Waals surface area contributed by atoms with E-state index in [1.54, 1.807) is 35.1 Å². The summed E-state index contributed by atoms with van der Waals surface area (Å²) < 4.78 is 1.80. The molecule has 0 aliphatic carbocycles. The lowest BCUT2D eigenvalue weighted by atomic mass is 10.0. The van der Waals surface area contributed by atoms with Gasteiger partial charge in [0, 0.05) is 38.6 Å². The number of anilines is 1. The molecule has 4 rings (SSSR count). The Balaban J connectivity index is 1.65. The zero-order chi connectivity index (χ0) is 19.7. The number of piperidine rings is 1. The molecule has 0 radical (unpaired) electrons. The molecule has 142 valence electrons. The van der Waals surface area contributed by atoms with Gasteiger partial charge in [-0.2, -0.15) is 5.26 Å². The fraction of sp³-hybridized carbons (Fsp3) is 0.316. The van der Waals surface area contributed by atoms with Crippen LogP contribution in [0.1, 0.15) is 18.4 Å². The van der Waals surface area contributed by atoms with E-state index < -0.39 is 6.09 Å². The van der Waals surface area contributed by atoms with Crippen molar-refractivity contribution in [3.05, 3.63) is 42.4 Å². The number of carboxylic acid groups (broad SMARTS) is 1. The van der Waals surface area contributed by atoms with Crippen molar-refractivity contribution in [2.75, 3.05) is 25.0 Å². The molecule has 0 saturated carbocycles. The van der Waals surface area contributed by atoms with Crippen LogP contribution in [-0.4, -0.2) is 61.6 Å². The summed E-state index contributed by atoms with van der Waals surface area (Å²) in [6, 6.07) is 7.49. The fourth-order valence-electron chi connectivity index (χ4n) is 3.51. The molecule has 3 aromatic heterocycles. The van der Waals surface area contributed by atoms with Gasteiger partial charge in [0.2, 0.25) is 0 Å². The third-order valence-corrected chi connectivity index (χ3v) is 5.08. The summed E-state index contributed by atoms with van der Waals surface area (Å²) in [4.78, 5) is 28.1. The van der Waals surface area contributed by atoms with E-state index in [1.807, 2.05) is 18.0 Å². The molecule has 4 heterocycles. The molecule has 1 N–H and O–H groups in total. The molecule has 1 saturated heterocycles. The molecular formula is C19H19N7O2. The van der Waals surface area contributed by atoms with Gasteiger partial charge in [0.05, 0.1) is 11.8 Å². The number of likely N-dealkylation sites (tertiary alicyclic amines) is 1. The van der Waals surface area contributed by atoms with Gasteiger partial charge < -0.3 is 14.9 Å². The van der Waals surface area contributed by atoms with Crippen molar-refractivity contribution in [3.63, 3.8) is 0 Å². The number of pyridine rings is 1. The van der Waals surface area contributed by atoms with Gasteiger partial charge in [0.1, 0.15) is 23.2 Å². The second kappa shape index (κ2) is 7.15. The van der Waals surface area contributed by atoms with Crippen molar-refractivity contribution in [2.45, 2.75) is 18.9 Å². The largest absolute Gasteiger partial charge is 0.465 e. The van der Waals surface area contributed by atoms with Crippen LogP contribution in [0.5, 0.6) is 0 Å². The van der Waals surface area contributed by atoms with E-state index in [9.17, 15) is 9.90 Å². The Labute approximate surface area is 161 Å². The minimum Gasteiger partial charge on any atom is -0.465 e. The van der Waals surface area contributed by atoms with Crippen molar-refractivity contribution in [1.29, 1.82) is 5.26 Å². The van der Waals surface area contributed by atoms with Crippen molar-refractivity contribution >= 4 is 17.6 Å². The second-order valence-corrected chi connectivity index (χ2v) is 6.78. The number of aromatic nitrogens is 4. The lowest BCUT2D eigenvalue weighted by Crippen LogP contribution is -2.48. The molecule has 0 spiro atoms. The molecule has 1 unspecified atom stereocenters. The lowest BCUT2D eigenvalue weighted by Gasteiger charge is -2.36. The number of likely N-dealkylation sites (N-methyl/N-ethyl adjacent to an activating group) is 1. The van der Waals surface area contributed by atoms with Crippen LogP contribution in [0, 0.1) is 11.3 Å². The Morgan fingerprint density at radius 2 is 2.21 bits per heavy atom. The summed E-state index contributed by atoms with van der Waals surface area (Å²) >= 11 is 0. The van der Waals surface area contributed by atoms with Crippen LogP contribution in [0.15, 0.2) is 36.8 Å². The highest BCUT2D eigenvalue weighted by molar-refractivity contribution is 5.65. The Morgan fingerprint density at radius 1 is 1.36 bits per heavy atom. The first-order valence-electron chi connectivity index (χ1n) is 8.98. The predicted molar refractivity (Wildman–Crippen MR) is 102 cm³/mol. The van der Waals surface area contributed by atoms with Gasteiger partial charge in [-0.05, 0) is 31.0 Å². The maximum atomic E-state index is 11.3. The Kier molecular flexibility index (Phi) is 4.53. The van der Waals surface area contributed by atoms with Crippen molar-refractivity contribution in [1.82, 2.24) is 24.3 Å². The van der Waals surface area contributed by atoms with E-state index >= 15 is 0 Å². The molecule has 1 aliphatic heterocycles. The summed E-state index contributed by atoms with van der Waals surface area (Å²) in [6.07, 6.45) is 5.91. The maximum Gasteiger partial charge on any atom is 0.407 e. The third-order valence-electron chi connectivity index (χ3n) is 5.08. The molecule has 1 fully saturated rings. The molecular weight excluding hydrogens is 358 g/mol. The maximum absolute atomic E-state index is 11.3. The molecule has 1 amide bonds. The highest BCUT2D eigenvalue weighted by atomic mass is 16.4. The standard InChI is InChI=1S/C19H19N7O2/c1-24(14-3-2-8-25(12-14)19(27)28)17-6-7-21-18(23-17)15-10-22-16-5-4-13(9-20)11-26(15)16/h4-7,10-11,14H,2-3,8,12H2,1H3,(H,27,28). The average molecular weight is 377 g/mol. The predicted octanol–water partition coefficient (Wildman–Crippen LogP) is 2.24. The smallest absolute Gasteiger partial charge is 0.407 e. The highest BCUT2D eigenvalue weighted by Gasteiger charge is 2.27. The third kappa shape index (κ3) is 3.20. The van der Waals surface area contributed by atoms with Gasteiger partial charge in [-0.1, -0.05) is 0 Å². The van der Waals surface area contributed by atoms with E-state index in [1.165, 1.54) is 4.90 Å². The number of imidazole rings is 1. The summed E-state index contributed by atoms with van der Waals surface area (Å²) in [5, 5.41) is 18.4. The molecule has 1 aliphatic rings. The first-order valence-corrected chi connectivity index (χ1v) is 8.98. The second-order valence-electron chi connectivity index (χ2n) is 6.78. The minimum atomic E-state index is -0.888. The van der Waals surface area contributed by atoms with Crippen molar-refractivity contribution in [3.8, 4) is 17.6 Å². The van der Waals surface area contributed by atoms with E-state index in [2.05, 4.69) is 21.0 Å². The van der Waals surface area contributed by atoms with E-state index in [4.69, 9.17) is 5.26 Å². The Hall–Kier alpha value is -3.67. The van der Waals surface area contributed by atoms with Gasteiger partial charge in [0.15, 0.2) is 5.82 Å². The molecule has 3 aromatic rings. The van der Waals surface area contributed by atoms with E-state index in [-0.39, 0.29) is 6.04 Å². The summed E-state index contributed by atoms with van der Waals surface area (Å²) in [7, 11) is 1.92. The summed E-state index contributed by atoms with van der Waals surface area (Å²) in [6.45, 7) is 1.02. The molecule has 0 aromatic carbocycles. The number of hydrogen-bond acceptors (Lipinski definition) is 6. The number of nitrogens with zero attached hydrogens (tertiary/aromatic N) is 7. The first kappa shape index (κ1) is 17.7. The topological polar surface area (TPSA) is 111 Å². The summed E-state index contributed by atoms with van der Waals surface area (Å²) in [5.41, 5.74) is 1.93. The van der Waals surface area contributed by atoms with Crippen molar-refractivity contribution in [2.24, 2.45) is 0 Å². The van der Waals surface area contributed by atoms with Gasteiger partial charge in [-0.15, -0.1) is 0 Å². The number of amides is 1. The summed E-state index contributed by atoms with van der Waals surface area (Å²) in [5.74, 6) is 1.21. The number of nitriles is 1. The van der Waals surface area contributed by atoms with Crippen LogP contribution in [0.2, 0.25) is 0 Å². The van der Waals surface area contributed by atoms with Crippen LogP contribution >= 0.6 is 0 Å². The van der Waals surface area contributed by atoms with Gasteiger partial charge in [0.25, 0.3) is 0 Å². The minimum absolute atomic E-state index is 0.0555.